The van der Waals surface area contributed by atoms with Gasteiger partial charge in [0.05, 0.1) is 0 Å². The smallest absolute Gasteiger partial charge is 0.0339 e. The Balaban J connectivity index is 3.88. The zero-order valence-electron chi connectivity index (χ0n) is 8.11. The van der Waals surface area contributed by atoms with Gasteiger partial charge in [0.1, 0.15) is 0 Å². The number of rotatable bonds is 6. The molecule has 0 aliphatic rings. The van der Waals surface area contributed by atoms with Gasteiger partial charge in [0.15, 0.2) is 0 Å². The van der Waals surface area contributed by atoms with Crippen molar-refractivity contribution in [2.45, 2.75) is 52.0 Å². The van der Waals surface area contributed by atoms with Crippen LogP contribution in [0, 0.1) is 0 Å². The summed E-state index contributed by atoms with van der Waals surface area (Å²) in [6.07, 6.45) is 6.74. The highest BCUT2D eigenvalue weighted by atomic mass is 14.9. The van der Waals surface area contributed by atoms with Crippen molar-refractivity contribution in [2.24, 2.45) is 0 Å². The second-order valence-corrected chi connectivity index (χ2v) is 3.41. The van der Waals surface area contributed by atoms with Crippen LogP contribution < -0.4 is 5.32 Å². The maximum atomic E-state index is 3.70. The highest BCUT2D eigenvalue weighted by Crippen LogP contribution is 2.18. The van der Waals surface area contributed by atoms with Gasteiger partial charge in [-0.05, 0) is 26.0 Å². The topological polar surface area (TPSA) is 12.0 Å². The van der Waals surface area contributed by atoms with Gasteiger partial charge < -0.3 is 5.32 Å². The molecule has 0 atom stereocenters. The monoisotopic (exact) mass is 155 g/mol. The maximum Gasteiger partial charge on any atom is 0.0339 e. The normalized spacial score (nSPS) is 11.2. The minimum atomic E-state index is 0.283. The third-order valence-electron chi connectivity index (χ3n) is 2.05. The van der Waals surface area contributed by atoms with Crippen molar-refractivity contribution in [3.8, 4) is 0 Å². The van der Waals surface area contributed by atoms with Gasteiger partial charge >= 0.3 is 0 Å². The van der Waals surface area contributed by atoms with Gasteiger partial charge in [-0.15, -0.1) is 0 Å². The number of hydrogen-bond acceptors (Lipinski definition) is 1. The van der Waals surface area contributed by atoms with E-state index in [1.807, 2.05) is 6.20 Å². The standard InChI is InChI=1S/C10H21N/c1-5-8-10(4,9-6-2)11-7-3/h7,11H,3,5-6,8-9H2,1-2,4H3. The molecule has 0 amide bonds. The molecule has 11 heavy (non-hydrogen) atoms. The SMILES string of the molecule is C=CNC(C)(CCC)CCC. The summed E-state index contributed by atoms with van der Waals surface area (Å²) >= 11 is 0. The van der Waals surface area contributed by atoms with E-state index < -0.39 is 0 Å². The number of hydrogen-bond donors (Lipinski definition) is 1. The Labute approximate surface area is 70.9 Å². The second-order valence-electron chi connectivity index (χ2n) is 3.41. The van der Waals surface area contributed by atoms with Crippen molar-refractivity contribution in [1.29, 1.82) is 0 Å². The predicted molar refractivity (Wildman–Crippen MR) is 51.6 cm³/mol. The molecule has 0 saturated heterocycles. The van der Waals surface area contributed by atoms with E-state index in [4.69, 9.17) is 0 Å². The third kappa shape index (κ3) is 4.07. The summed E-state index contributed by atoms with van der Waals surface area (Å²) < 4.78 is 0. The fourth-order valence-corrected chi connectivity index (χ4v) is 1.62. The minimum Gasteiger partial charge on any atom is -0.386 e. The molecule has 0 heterocycles. The van der Waals surface area contributed by atoms with Crippen LogP contribution in [0.5, 0.6) is 0 Å². The molecule has 0 radical (unpaired) electrons. The Hall–Kier alpha value is -0.460. The average Bonchev–Trinajstić information content (AvgIpc) is 1.88. The first-order chi connectivity index (χ1) is 5.18. The summed E-state index contributed by atoms with van der Waals surface area (Å²) in [5.74, 6) is 0. The molecule has 0 spiro atoms. The van der Waals surface area contributed by atoms with E-state index in [1.54, 1.807) is 0 Å². The van der Waals surface area contributed by atoms with Crippen molar-refractivity contribution in [3.63, 3.8) is 0 Å². The molecular weight excluding hydrogens is 134 g/mol. The quantitative estimate of drug-likeness (QED) is 0.621. The first-order valence-corrected chi connectivity index (χ1v) is 4.57. The van der Waals surface area contributed by atoms with Crippen molar-refractivity contribution >= 4 is 0 Å². The van der Waals surface area contributed by atoms with Crippen LogP contribution in [0.25, 0.3) is 0 Å². The maximum absolute atomic E-state index is 3.70. The lowest BCUT2D eigenvalue weighted by Crippen LogP contribution is -2.38. The number of nitrogens with one attached hydrogen (secondary N) is 1. The van der Waals surface area contributed by atoms with E-state index in [9.17, 15) is 0 Å². The average molecular weight is 155 g/mol. The molecule has 0 aromatic carbocycles. The van der Waals surface area contributed by atoms with Crippen LogP contribution in [-0.2, 0) is 0 Å². The van der Waals surface area contributed by atoms with E-state index in [0.29, 0.717) is 0 Å². The Bertz CT molecular complexity index is 101. The van der Waals surface area contributed by atoms with E-state index in [1.165, 1.54) is 25.7 Å². The predicted octanol–water partition coefficient (Wildman–Crippen LogP) is 3.08. The van der Waals surface area contributed by atoms with Gasteiger partial charge in [0.2, 0.25) is 0 Å². The lowest BCUT2D eigenvalue weighted by molar-refractivity contribution is 0.339. The molecule has 0 aliphatic carbocycles. The molecule has 0 bridgehead atoms. The summed E-state index contributed by atoms with van der Waals surface area (Å²) in [6, 6.07) is 0. The van der Waals surface area contributed by atoms with E-state index in [-0.39, 0.29) is 5.54 Å². The Kier molecular flexibility index (Phi) is 5.01. The third-order valence-corrected chi connectivity index (χ3v) is 2.05. The van der Waals surface area contributed by atoms with Gasteiger partial charge in [-0.3, -0.25) is 0 Å². The fourth-order valence-electron chi connectivity index (χ4n) is 1.62. The molecular formula is C10H21N. The molecule has 1 N–H and O–H groups in total. The molecule has 0 rings (SSSR count). The Morgan fingerprint density at radius 3 is 2.00 bits per heavy atom. The van der Waals surface area contributed by atoms with Crippen LogP contribution in [-0.4, -0.2) is 5.54 Å². The van der Waals surface area contributed by atoms with Gasteiger partial charge in [-0.2, -0.15) is 0 Å². The zero-order valence-corrected chi connectivity index (χ0v) is 8.11. The molecule has 0 fully saturated rings. The van der Waals surface area contributed by atoms with Crippen LogP contribution in [0.15, 0.2) is 12.8 Å². The summed E-state index contributed by atoms with van der Waals surface area (Å²) in [5, 5.41) is 3.32. The minimum absolute atomic E-state index is 0.283. The van der Waals surface area contributed by atoms with Crippen molar-refractivity contribution in [1.82, 2.24) is 5.32 Å². The van der Waals surface area contributed by atoms with Gasteiger partial charge in [0, 0.05) is 5.54 Å². The molecule has 66 valence electrons. The summed E-state index contributed by atoms with van der Waals surface area (Å²) in [7, 11) is 0. The van der Waals surface area contributed by atoms with Crippen LogP contribution in [0.1, 0.15) is 46.5 Å². The zero-order chi connectivity index (χ0) is 8.74. The fraction of sp³-hybridized carbons (Fsp3) is 0.800. The second kappa shape index (κ2) is 5.22. The van der Waals surface area contributed by atoms with Crippen LogP contribution >= 0.6 is 0 Å². The molecule has 0 aromatic rings. The lowest BCUT2D eigenvalue weighted by Gasteiger charge is -2.29. The van der Waals surface area contributed by atoms with Gasteiger partial charge in [0.25, 0.3) is 0 Å². The van der Waals surface area contributed by atoms with Gasteiger partial charge in [-0.25, -0.2) is 0 Å². The summed E-state index contributed by atoms with van der Waals surface area (Å²) in [5.41, 5.74) is 0.283. The first-order valence-electron chi connectivity index (χ1n) is 4.57. The lowest BCUT2D eigenvalue weighted by atomic mass is 9.91. The molecule has 1 nitrogen and oxygen atoms in total. The molecule has 0 unspecified atom stereocenters. The highest BCUT2D eigenvalue weighted by molar-refractivity contribution is 4.86. The van der Waals surface area contributed by atoms with E-state index in [0.717, 1.165) is 0 Å². The molecule has 0 aromatic heterocycles. The van der Waals surface area contributed by atoms with Crippen molar-refractivity contribution < 1.29 is 0 Å². The van der Waals surface area contributed by atoms with Crippen molar-refractivity contribution in [3.05, 3.63) is 12.8 Å². The van der Waals surface area contributed by atoms with Crippen molar-refractivity contribution in [2.75, 3.05) is 0 Å². The summed E-state index contributed by atoms with van der Waals surface area (Å²) in [6.45, 7) is 10.4. The van der Waals surface area contributed by atoms with Gasteiger partial charge in [-0.1, -0.05) is 33.3 Å². The molecule has 0 saturated carbocycles. The molecule has 1 heteroatoms. The summed E-state index contributed by atoms with van der Waals surface area (Å²) in [4.78, 5) is 0. The Morgan fingerprint density at radius 2 is 1.73 bits per heavy atom. The van der Waals surface area contributed by atoms with Crippen LogP contribution in [0.2, 0.25) is 0 Å². The highest BCUT2D eigenvalue weighted by Gasteiger charge is 2.19. The van der Waals surface area contributed by atoms with E-state index in [2.05, 4.69) is 32.7 Å². The van der Waals surface area contributed by atoms with Crippen LogP contribution in [0.4, 0.5) is 0 Å². The largest absolute Gasteiger partial charge is 0.386 e. The Morgan fingerprint density at radius 1 is 1.27 bits per heavy atom. The van der Waals surface area contributed by atoms with Crippen LogP contribution in [0.3, 0.4) is 0 Å². The first kappa shape index (κ1) is 10.5. The molecule has 0 aliphatic heterocycles. The van der Waals surface area contributed by atoms with E-state index >= 15 is 0 Å².